The van der Waals surface area contributed by atoms with Gasteiger partial charge in [-0.25, -0.2) is 0 Å². The summed E-state index contributed by atoms with van der Waals surface area (Å²) in [4.78, 5) is 0. The van der Waals surface area contributed by atoms with Crippen LogP contribution in [-0.2, 0) is 4.74 Å². The molecule has 1 aliphatic heterocycles. The van der Waals surface area contributed by atoms with Gasteiger partial charge in [0.15, 0.2) is 0 Å². The molecule has 88 valence electrons. The molecule has 2 unspecified atom stereocenters. The van der Waals surface area contributed by atoms with E-state index in [4.69, 9.17) is 4.74 Å². The summed E-state index contributed by atoms with van der Waals surface area (Å²) >= 11 is 0. The number of ether oxygens (including phenoxy) is 1. The molecule has 1 N–H and O–H groups in total. The fourth-order valence-electron chi connectivity index (χ4n) is 2.95. The molecule has 2 heteroatoms. The molecule has 0 amide bonds. The monoisotopic (exact) mass is 211 g/mol. The number of nitrogens with one attached hydrogen (secondary N) is 1. The van der Waals surface area contributed by atoms with Gasteiger partial charge in [-0.05, 0) is 31.1 Å². The average molecular weight is 211 g/mol. The first kappa shape index (κ1) is 11.4. The molecule has 1 heterocycles. The molecule has 2 rings (SSSR count). The summed E-state index contributed by atoms with van der Waals surface area (Å²) in [5.74, 6) is 0. The maximum Gasteiger partial charge on any atom is 0.0700 e. The standard InChI is InChI=1S/C13H25NO/c1-13(2)8-4-3-7-12(13)14-10-11-6-5-9-15-11/h11-12,14H,3-10H2,1-2H3. The van der Waals surface area contributed by atoms with Gasteiger partial charge in [0.1, 0.15) is 0 Å². The first-order valence-corrected chi connectivity index (χ1v) is 6.53. The highest BCUT2D eigenvalue weighted by molar-refractivity contribution is 4.88. The van der Waals surface area contributed by atoms with Crippen LogP contribution in [0, 0.1) is 5.41 Å². The van der Waals surface area contributed by atoms with Crippen LogP contribution in [0.3, 0.4) is 0 Å². The third kappa shape index (κ3) is 2.94. The lowest BCUT2D eigenvalue weighted by atomic mass is 9.73. The molecule has 0 aromatic rings. The van der Waals surface area contributed by atoms with Gasteiger partial charge in [-0.2, -0.15) is 0 Å². The summed E-state index contributed by atoms with van der Waals surface area (Å²) in [5, 5.41) is 3.73. The maximum atomic E-state index is 5.65. The van der Waals surface area contributed by atoms with Crippen LogP contribution in [-0.4, -0.2) is 25.3 Å². The second kappa shape index (κ2) is 4.84. The van der Waals surface area contributed by atoms with Gasteiger partial charge in [0, 0.05) is 19.2 Å². The van der Waals surface area contributed by atoms with Crippen LogP contribution < -0.4 is 5.32 Å². The minimum absolute atomic E-state index is 0.483. The Morgan fingerprint density at radius 1 is 1.20 bits per heavy atom. The summed E-state index contributed by atoms with van der Waals surface area (Å²) in [6.07, 6.45) is 8.51. The van der Waals surface area contributed by atoms with Crippen molar-refractivity contribution in [1.82, 2.24) is 5.32 Å². The minimum atomic E-state index is 0.483. The summed E-state index contributed by atoms with van der Waals surface area (Å²) < 4.78 is 5.65. The van der Waals surface area contributed by atoms with Crippen LogP contribution in [0.5, 0.6) is 0 Å². The summed E-state index contributed by atoms with van der Waals surface area (Å²) in [6, 6.07) is 0.704. The molecule has 2 aliphatic rings. The highest BCUT2D eigenvalue weighted by Gasteiger charge is 2.32. The van der Waals surface area contributed by atoms with E-state index in [1.807, 2.05) is 0 Å². The van der Waals surface area contributed by atoms with Crippen molar-refractivity contribution >= 4 is 0 Å². The molecule has 2 nitrogen and oxygen atoms in total. The van der Waals surface area contributed by atoms with E-state index in [1.165, 1.54) is 38.5 Å². The molecule has 2 fully saturated rings. The zero-order chi connectivity index (χ0) is 10.7. The van der Waals surface area contributed by atoms with Gasteiger partial charge in [-0.15, -0.1) is 0 Å². The second-order valence-electron chi connectivity index (χ2n) is 5.83. The molecule has 0 spiro atoms. The van der Waals surface area contributed by atoms with Crippen molar-refractivity contribution in [2.45, 2.75) is 64.5 Å². The van der Waals surface area contributed by atoms with Crippen LogP contribution in [0.4, 0.5) is 0 Å². The molecule has 1 saturated carbocycles. The fourth-order valence-corrected chi connectivity index (χ4v) is 2.95. The van der Waals surface area contributed by atoms with Crippen molar-refractivity contribution < 1.29 is 4.74 Å². The van der Waals surface area contributed by atoms with Gasteiger partial charge < -0.3 is 10.1 Å². The molecule has 0 bridgehead atoms. The minimum Gasteiger partial charge on any atom is -0.377 e. The Balaban J connectivity index is 1.76. The first-order valence-electron chi connectivity index (χ1n) is 6.53. The van der Waals surface area contributed by atoms with Crippen LogP contribution in [0.25, 0.3) is 0 Å². The van der Waals surface area contributed by atoms with Gasteiger partial charge in [0.05, 0.1) is 6.10 Å². The second-order valence-corrected chi connectivity index (χ2v) is 5.83. The van der Waals surface area contributed by atoms with Gasteiger partial charge in [0.2, 0.25) is 0 Å². The summed E-state index contributed by atoms with van der Waals surface area (Å²) in [5.41, 5.74) is 0.483. The van der Waals surface area contributed by atoms with E-state index in [0.29, 0.717) is 17.6 Å². The smallest absolute Gasteiger partial charge is 0.0700 e. The van der Waals surface area contributed by atoms with E-state index >= 15 is 0 Å². The molecule has 0 aromatic heterocycles. The van der Waals surface area contributed by atoms with E-state index in [2.05, 4.69) is 19.2 Å². The third-order valence-corrected chi connectivity index (χ3v) is 4.12. The third-order valence-electron chi connectivity index (χ3n) is 4.12. The Labute approximate surface area is 93.8 Å². The number of rotatable bonds is 3. The van der Waals surface area contributed by atoms with Gasteiger partial charge >= 0.3 is 0 Å². The largest absolute Gasteiger partial charge is 0.377 e. The molecule has 2 atom stereocenters. The lowest BCUT2D eigenvalue weighted by Gasteiger charge is -2.39. The normalized spacial score (nSPS) is 35.6. The maximum absolute atomic E-state index is 5.65. The Morgan fingerprint density at radius 2 is 2.07 bits per heavy atom. The molecule has 0 aromatic carbocycles. The Bertz CT molecular complexity index is 197. The predicted octanol–water partition coefficient (Wildman–Crippen LogP) is 2.72. The van der Waals surface area contributed by atoms with Gasteiger partial charge in [0.25, 0.3) is 0 Å². The van der Waals surface area contributed by atoms with Crippen LogP contribution >= 0.6 is 0 Å². The SMILES string of the molecule is CC1(C)CCCCC1NCC1CCCO1. The van der Waals surface area contributed by atoms with Crippen molar-refractivity contribution in [3.05, 3.63) is 0 Å². The molecule has 1 saturated heterocycles. The molecule has 0 radical (unpaired) electrons. The Morgan fingerprint density at radius 3 is 2.73 bits per heavy atom. The van der Waals surface area contributed by atoms with Crippen molar-refractivity contribution in [3.8, 4) is 0 Å². The zero-order valence-corrected chi connectivity index (χ0v) is 10.2. The number of hydrogen-bond donors (Lipinski definition) is 1. The Hall–Kier alpha value is -0.0800. The van der Waals surface area contributed by atoms with E-state index in [9.17, 15) is 0 Å². The van der Waals surface area contributed by atoms with Crippen molar-refractivity contribution in [2.75, 3.05) is 13.2 Å². The van der Waals surface area contributed by atoms with Crippen molar-refractivity contribution in [3.63, 3.8) is 0 Å². The summed E-state index contributed by atoms with van der Waals surface area (Å²) in [6.45, 7) is 6.84. The van der Waals surface area contributed by atoms with Crippen LogP contribution in [0.15, 0.2) is 0 Å². The topological polar surface area (TPSA) is 21.3 Å². The molecule has 1 aliphatic carbocycles. The lowest BCUT2D eigenvalue weighted by Crippen LogP contribution is -2.46. The molecule has 15 heavy (non-hydrogen) atoms. The van der Waals surface area contributed by atoms with Crippen molar-refractivity contribution in [2.24, 2.45) is 5.41 Å². The van der Waals surface area contributed by atoms with Crippen LogP contribution in [0.2, 0.25) is 0 Å². The van der Waals surface area contributed by atoms with E-state index in [-0.39, 0.29) is 0 Å². The highest BCUT2D eigenvalue weighted by atomic mass is 16.5. The Kier molecular flexibility index (Phi) is 3.68. The van der Waals surface area contributed by atoms with Crippen LogP contribution in [0.1, 0.15) is 52.4 Å². The fraction of sp³-hybridized carbons (Fsp3) is 1.00. The quantitative estimate of drug-likeness (QED) is 0.775. The van der Waals surface area contributed by atoms with E-state index in [1.54, 1.807) is 0 Å². The number of hydrogen-bond acceptors (Lipinski definition) is 2. The van der Waals surface area contributed by atoms with Crippen molar-refractivity contribution in [1.29, 1.82) is 0 Å². The van der Waals surface area contributed by atoms with E-state index in [0.717, 1.165) is 13.2 Å². The zero-order valence-electron chi connectivity index (χ0n) is 10.2. The summed E-state index contributed by atoms with van der Waals surface area (Å²) in [7, 11) is 0. The molecular weight excluding hydrogens is 186 g/mol. The van der Waals surface area contributed by atoms with E-state index < -0.39 is 0 Å². The average Bonchev–Trinajstić information content (AvgIpc) is 2.68. The van der Waals surface area contributed by atoms with Gasteiger partial charge in [-0.1, -0.05) is 26.7 Å². The molecular formula is C13H25NO. The highest BCUT2D eigenvalue weighted by Crippen LogP contribution is 2.35. The van der Waals surface area contributed by atoms with Gasteiger partial charge in [-0.3, -0.25) is 0 Å². The predicted molar refractivity (Wildman–Crippen MR) is 63.0 cm³/mol. The first-order chi connectivity index (χ1) is 7.18. The lowest BCUT2D eigenvalue weighted by molar-refractivity contribution is 0.0917.